The van der Waals surface area contributed by atoms with E-state index in [0.717, 1.165) is 36.2 Å². The molecule has 0 fully saturated rings. The molecule has 0 saturated heterocycles. The van der Waals surface area contributed by atoms with E-state index in [0.29, 0.717) is 11.1 Å². The maximum absolute atomic E-state index is 14.8. The van der Waals surface area contributed by atoms with Crippen molar-refractivity contribution in [3.05, 3.63) is 82.8 Å². The highest BCUT2D eigenvalue weighted by molar-refractivity contribution is 9.10. The molecule has 5 heteroatoms. The van der Waals surface area contributed by atoms with E-state index in [-0.39, 0.29) is 11.6 Å². The van der Waals surface area contributed by atoms with Crippen LogP contribution >= 0.6 is 39.5 Å². The van der Waals surface area contributed by atoms with Crippen LogP contribution in [0.1, 0.15) is 0 Å². The summed E-state index contributed by atoms with van der Waals surface area (Å²) in [4.78, 5) is 1.98. The molecule has 4 aromatic rings. The van der Waals surface area contributed by atoms with Crippen LogP contribution in [-0.4, -0.2) is 12.5 Å². The molecule has 0 aliphatic heterocycles. The Morgan fingerprint density at radius 1 is 0.690 bits per heavy atom. The summed E-state index contributed by atoms with van der Waals surface area (Å²) in [5, 5.41) is 1.95. The summed E-state index contributed by atoms with van der Waals surface area (Å²) in [5.41, 5.74) is 2.84. The molecule has 4 rings (SSSR count). The zero-order valence-electron chi connectivity index (χ0n) is 15.8. The van der Waals surface area contributed by atoms with Gasteiger partial charge in [-0.05, 0) is 59.2 Å². The van der Waals surface area contributed by atoms with Crippen LogP contribution in [0, 0.1) is 11.6 Å². The summed E-state index contributed by atoms with van der Waals surface area (Å²) in [6.07, 6.45) is 3.98. The van der Waals surface area contributed by atoms with Crippen LogP contribution in [0.5, 0.6) is 0 Å². The lowest BCUT2D eigenvalue weighted by molar-refractivity contribution is 0.630. The first-order chi connectivity index (χ1) is 14.0. The molecule has 4 aromatic carbocycles. The molecule has 0 aliphatic rings. The number of hydrogen-bond donors (Lipinski definition) is 0. The second-order valence-corrected chi connectivity index (χ2v) is 9.07. The van der Waals surface area contributed by atoms with Gasteiger partial charge in [0, 0.05) is 31.0 Å². The van der Waals surface area contributed by atoms with Crippen molar-refractivity contribution in [2.45, 2.75) is 9.79 Å². The molecule has 0 amide bonds. The molecule has 146 valence electrons. The minimum atomic E-state index is -0.264. The minimum Gasteiger partial charge on any atom is -0.206 e. The van der Waals surface area contributed by atoms with Crippen molar-refractivity contribution >= 4 is 50.2 Å². The molecule has 0 atom stereocenters. The number of hydrogen-bond acceptors (Lipinski definition) is 2. The van der Waals surface area contributed by atoms with E-state index in [4.69, 9.17) is 0 Å². The van der Waals surface area contributed by atoms with Gasteiger partial charge >= 0.3 is 0 Å². The summed E-state index contributed by atoms with van der Waals surface area (Å²) in [5.74, 6) is -0.513. The SMILES string of the molecule is CSc1ccc2c(SC)c(-c3ccccc3F)ccc2c1-c1cc(Br)ccc1F. The quantitative estimate of drug-likeness (QED) is 0.264. The predicted molar refractivity (Wildman–Crippen MR) is 126 cm³/mol. The number of benzene rings is 4. The molecule has 0 nitrogen and oxygen atoms in total. The molecule has 0 radical (unpaired) electrons. The van der Waals surface area contributed by atoms with Crippen molar-refractivity contribution < 1.29 is 8.78 Å². The predicted octanol–water partition coefficient (Wildman–Crippen LogP) is 8.66. The van der Waals surface area contributed by atoms with E-state index in [1.807, 2.05) is 42.8 Å². The topological polar surface area (TPSA) is 0 Å². The summed E-state index contributed by atoms with van der Waals surface area (Å²) < 4.78 is 30.1. The van der Waals surface area contributed by atoms with E-state index >= 15 is 0 Å². The fraction of sp³-hybridized carbons (Fsp3) is 0.0833. The molecule has 0 saturated carbocycles. The maximum Gasteiger partial charge on any atom is 0.131 e. The van der Waals surface area contributed by atoms with E-state index < -0.39 is 0 Å². The van der Waals surface area contributed by atoms with Gasteiger partial charge in [-0.15, -0.1) is 23.5 Å². The molecule has 29 heavy (non-hydrogen) atoms. The number of rotatable bonds is 4. The maximum atomic E-state index is 14.8. The summed E-state index contributed by atoms with van der Waals surface area (Å²) in [7, 11) is 0. The van der Waals surface area contributed by atoms with Gasteiger partial charge in [-0.3, -0.25) is 0 Å². The Balaban J connectivity index is 2.08. The van der Waals surface area contributed by atoms with Gasteiger partial charge < -0.3 is 0 Å². The van der Waals surface area contributed by atoms with Gasteiger partial charge in [-0.2, -0.15) is 0 Å². The van der Waals surface area contributed by atoms with Gasteiger partial charge in [-0.1, -0.05) is 52.3 Å². The average Bonchev–Trinajstić information content (AvgIpc) is 2.74. The Morgan fingerprint density at radius 3 is 2.14 bits per heavy atom. The first-order valence-corrected chi connectivity index (χ1v) is 12.2. The summed E-state index contributed by atoms with van der Waals surface area (Å²) in [6, 6.07) is 19.8. The number of fused-ring (bicyclic) bond motifs is 1. The molecular formula is C24H17BrF2S2. The first kappa shape index (κ1) is 20.5. The summed E-state index contributed by atoms with van der Waals surface area (Å²) in [6.45, 7) is 0. The normalized spacial score (nSPS) is 11.2. The van der Waals surface area contributed by atoms with Crippen molar-refractivity contribution in [1.29, 1.82) is 0 Å². The van der Waals surface area contributed by atoms with E-state index in [9.17, 15) is 8.78 Å². The molecule has 0 aliphatic carbocycles. The zero-order chi connectivity index (χ0) is 20.5. The van der Waals surface area contributed by atoms with Crippen molar-refractivity contribution in [2.24, 2.45) is 0 Å². The van der Waals surface area contributed by atoms with Gasteiger partial charge in [0.25, 0.3) is 0 Å². The Kier molecular flexibility index (Phi) is 6.00. The van der Waals surface area contributed by atoms with Crippen molar-refractivity contribution in [3.63, 3.8) is 0 Å². The largest absolute Gasteiger partial charge is 0.206 e. The first-order valence-electron chi connectivity index (χ1n) is 8.93. The highest BCUT2D eigenvalue weighted by Gasteiger charge is 2.18. The second kappa shape index (κ2) is 8.50. The van der Waals surface area contributed by atoms with Gasteiger partial charge in [0.2, 0.25) is 0 Å². The lowest BCUT2D eigenvalue weighted by Crippen LogP contribution is -1.93. The molecule has 0 N–H and O–H groups in total. The highest BCUT2D eigenvalue weighted by atomic mass is 79.9. The van der Waals surface area contributed by atoms with Crippen molar-refractivity contribution in [3.8, 4) is 22.3 Å². The van der Waals surface area contributed by atoms with Crippen molar-refractivity contribution in [1.82, 2.24) is 0 Å². The third kappa shape index (κ3) is 3.72. The standard InChI is InChI=1S/C24H17BrF2S2/c1-28-22-12-10-18-16(23(22)19-13-14(25)7-11-21(19)27)8-9-17(24(18)29-2)15-5-3-4-6-20(15)26/h3-13H,1-2H3. The lowest BCUT2D eigenvalue weighted by atomic mass is 9.94. The van der Waals surface area contributed by atoms with E-state index in [2.05, 4.69) is 22.0 Å². The fourth-order valence-corrected chi connectivity index (χ4v) is 5.39. The van der Waals surface area contributed by atoms with Crippen LogP contribution in [-0.2, 0) is 0 Å². The summed E-state index contributed by atoms with van der Waals surface area (Å²) >= 11 is 6.63. The van der Waals surface area contributed by atoms with Crippen LogP contribution in [0.3, 0.4) is 0 Å². The lowest BCUT2D eigenvalue weighted by Gasteiger charge is -2.17. The smallest absolute Gasteiger partial charge is 0.131 e. The molecule has 0 heterocycles. The molecule has 0 unspecified atom stereocenters. The van der Waals surface area contributed by atoms with Crippen LogP contribution in [0.15, 0.2) is 81.0 Å². The molecule has 0 spiro atoms. The van der Waals surface area contributed by atoms with Gasteiger partial charge in [0.15, 0.2) is 0 Å². The number of thioether (sulfide) groups is 2. The Labute approximate surface area is 185 Å². The van der Waals surface area contributed by atoms with E-state index in [1.165, 1.54) is 12.1 Å². The molecular weight excluding hydrogens is 470 g/mol. The van der Waals surface area contributed by atoms with Gasteiger partial charge in [0.05, 0.1) is 0 Å². The van der Waals surface area contributed by atoms with Crippen molar-refractivity contribution in [2.75, 3.05) is 12.5 Å². The second-order valence-electron chi connectivity index (χ2n) is 6.49. The number of halogens is 3. The zero-order valence-corrected chi connectivity index (χ0v) is 19.0. The highest BCUT2D eigenvalue weighted by Crippen LogP contribution is 2.44. The van der Waals surface area contributed by atoms with Crippen LogP contribution in [0.25, 0.3) is 33.0 Å². The monoisotopic (exact) mass is 486 g/mol. The van der Waals surface area contributed by atoms with Crippen LogP contribution < -0.4 is 0 Å². The van der Waals surface area contributed by atoms with Crippen LogP contribution in [0.4, 0.5) is 8.78 Å². The fourth-order valence-electron chi connectivity index (χ4n) is 3.61. The molecule has 0 aromatic heterocycles. The minimum absolute atomic E-state index is 0.249. The Hall–Kier alpha value is -1.82. The molecule has 0 bridgehead atoms. The average molecular weight is 487 g/mol. The van der Waals surface area contributed by atoms with Gasteiger partial charge in [0.1, 0.15) is 11.6 Å². The third-order valence-corrected chi connectivity index (χ3v) is 7.02. The van der Waals surface area contributed by atoms with E-state index in [1.54, 1.807) is 41.7 Å². The Morgan fingerprint density at radius 2 is 1.41 bits per heavy atom. The van der Waals surface area contributed by atoms with Gasteiger partial charge in [-0.25, -0.2) is 8.78 Å². The third-order valence-electron chi connectivity index (χ3n) is 4.90. The van der Waals surface area contributed by atoms with Crippen LogP contribution in [0.2, 0.25) is 0 Å². The Bertz CT molecular complexity index is 1220.